The lowest BCUT2D eigenvalue weighted by Crippen LogP contribution is -2.27. The summed E-state index contributed by atoms with van der Waals surface area (Å²) in [4.78, 5) is 38.3. The summed E-state index contributed by atoms with van der Waals surface area (Å²) in [5.41, 5.74) is 1.13. The number of carbonyl (C=O) groups excluding carboxylic acids is 3. The number of hydrogen-bond acceptors (Lipinski definition) is 5. The topological polar surface area (TPSA) is 72.9 Å². The Morgan fingerprint density at radius 1 is 1.19 bits per heavy atom. The summed E-state index contributed by atoms with van der Waals surface area (Å²) in [6.45, 7) is -0.123. The van der Waals surface area contributed by atoms with Gasteiger partial charge in [0.25, 0.3) is 0 Å². The van der Waals surface area contributed by atoms with Gasteiger partial charge in [-0.1, -0.05) is 28.1 Å². The lowest BCUT2D eigenvalue weighted by atomic mass is 10.1. The molecule has 140 valence electrons. The van der Waals surface area contributed by atoms with Crippen LogP contribution in [0.4, 0.5) is 5.69 Å². The largest absolute Gasteiger partial charge is 0.497 e. The maximum atomic E-state index is 12.3. The second-order valence-electron chi connectivity index (χ2n) is 6.14. The van der Waals surface area contributed by atoms with Gasteiger partial charge >= 0.3 is 5.97 Å². The van der Waals surface area contributed by atoms with E-state index in [4.69, 9.17) is 9.47 Å². The predicted molar refractivity (Wildman–Crippen MR) is 103 cm³/mol. The van der Waals surface area contributed by atoms with E-state index in [9.17, 15) is 14.4 Å². The van der Waals surface area contributed by atoms with E-state index in [0.717, 1.165) is 10.2 Å². The summed E-state index contributed by atoms with van der Waals surface area (Å²) in [7, 11) is 1.51. The smallest absolute Gasteiger partial charge is 0.311 e. The van der Waals surface area contributed by atoms with Gasteiger partial charge in [0, 0.05) is 28.7 Å². The SMILES string of the molecule is COc1cccc(C(=O)COC(=O)[C@H]2CC(=O)N(c3ccc(Br)cc3)C2)c1. The molecule has 1 heterocycles. The third-order valence-electron chi connectivity index (χ3n) is 4.33. The van der Waals surface area contributed by atoms with E-state index in [2.05, 4.69) is 15.9 Å². The molecule has 0 N–H and O–H groups in total. The minimum absolute atomic E-state index is 0.0717. The summed E-state index contributed by atoms with van der Waals surface area (Å²) in [5, 5.41) is 0. The van der Waals surface area contributed by atoms with Crippen LogP contribution in [0.5, 0.6) is 5.75 Å². The standard InChI is InChI=1S/C20H18BrNO5/c1-26-17-4-2-3-13(9-17)18(23)12-27-20(25)14-10-19(24)22(11-14)16-7-5-15(21)6-8-16/h2-9,14H,10-12H2,1H3/t14-/m0/s1. The van der Waals surface area contributed by atoms with Crippen LogP contribution in [0.3, 0.4) is 0 Å². The number of ketones is 1. The second kappa shape index (κ2) is 8.35. The Morgan fingerprint density at radius 3 is 2.63 bits per heavy atom. The van der Waals surface area contributed by atoms with Crippen molar-refractivity contribution in [3.05, 3.63) is 58.6 Å². The third kappa shape index (κ3) is 4.54. The number of benzene rings is 2. The molecule has 1 fully saturated rings. The molecule has 0 aromatic heterocycles. The maximum Gasteiger partial charge on any atom is 0.311 e. The minimum Gasteiger partial charge on any atom is -0.497 e. The zero-order valence-corrected chi connectivity index (χ0v) is 16.3. The van der Waals surface area contributed by atoms with Crippen LogP contribution in [-0.4, -0.2) is 37.9 Å². The van der Waals surface area contributed by atoms with E-state index in [0.29, 0.717) is 11.3 Å². The Balaban J connectivity index is 1.57. The van der Waals surface area contributed by atoms with Crippen LogP contribution >= 0.6 is 15.9 Å². The number of carbonyl (C=O) groups is 3. The van der Waals surface area contributed by atoms with Crippen LogP contribution in [0.2, 0.25) is 0 Å². The summed E-state index contributed by atoms with van der Waals surface area (Å²) in [6.07, 6.45) is 0.0717. The van der Waals surface area contributed by atoms with Gasteiger partial charge < -0.3 is 14.4 Å². The molecule has 0 radical (unpaired) electrons. The molecule has 6 nitrogen and oxygen atoms in total. The Hall–Kier alpha value is -2.67. The molecule has 1 aliphatic heterocycles. The van der Waals surface area contributed by atoms with Crippen molar-refractivity contribution >= 4 is 39.3 Å². The van der Waals surface area contributed by atoms with Gasteiger partial charge in [0.05, 0.1) is 13.0 Å². The number of amides is 1. The fourth-order valence-electron chi connectivity index (χ4n) is 2.87. The van der Waals surface area contributed by atoms with Crippen molar-refractivity contribution in [2.45, 2.75) is 6.42 Å². The predicted octanol–water partition coefficient (Wildman–Crippen LogP) is 3.24. The van der Waals surface area contributed by atoms with Gasteiger partial charge in [-0.3, -0.25) is 14.4 Å². The summed E-state index contributed by atoms with van der Waals surface area (Å²) in [6, 6.07) is 13.9. The molecule has 2 aromatic carbocycles. The lowest BCUT2D eigenvalue weighted by molar-refractivity contribution is -0.147. The first-order valence-corrected chi connectivity index (χ1v) is 9.17. The second-order valence-corrected chi connectivity index (χ2v) is 7.06. The summed E-state index contributed by atoms with van der Waals surface area (Å²) < 4.78 is 11.1. The molecule has 0 unspecified atom stereocenters. The Labute approximate surface area is 165 Å². The highest BCUT2D eigenvalue weighted by molar-refractivity contribution is 9.10. The van der Waals surface area contributed by atoms with Crippen LogP contribution < -0.4 is 9.64 Å². The third-order valence-corrected chi connectivity index (χ3v) is 4.86. The molecule has 0 bridgehead atoms. The number of ether oxygens (including phenoxy) is 2. The minimum atomic E-state index is -0.584. The van der Waals surface area contributed by atoms with Gasteiger partial charge in [-0.05, 0) is 36.4 Å². The number of hydrogen-bond donors (Lipinski definition) is 0. The number of anilines is 1. The van der Waals surface area contributed by atoms with Gasteiger partial charge in [0.2, 0.25) is 5.91 Å². The lowest BCUT2D eigenvalue weighted by Gasteiger charge is -2.16. The maximum absolute atomic E-state index is 12.3. The first kappa shape index (κ1) is 19.1. The first-order chi connectivity index (χ1) is 13.0. The van der Waals surface area contributed by atoms with Crippen molar-refractivity contribution in [3.8, 4) is 5.75 Å². The fraction of sp³-hybridized carbons (Fsp3) is 0.250. The van der Waals surface area contributed by atoms with Crippen molar-refractivity contribution in [2.75, 3.05) is 25.2 Å². The Morgan fingerprint density at radius 2 is 1.93 bits per heavy atom. The van der Waals surface area contributed by atoms with Crippen molar-refractivity contribution in [1.29, 1.82) is 0 Å². The van der Waals surface area contributed by atoms with Crippen LogP contribution in [-0.2, 0) is 14.3 Å². The molecule has 27 heavy (non-hydrogen) atoms. The van der Waals surface area contributed by atoms with Gasteiger partial charge in [0.1, 0.15) is 5.75 Å². The van der Waals surface area contributed by atoms with Gasteiger partial charge in [-0.25, -0.2) is 0 Å². The van der Waals surface area contributed by atoms with E-state index in [1.165, 1.54) is 7.11 Å². The van der Waals surface area contributed by atoms with E-state index in [1.807, 2.05) is 24.3 Å². The molecular formula is C20H18BrNO5. The number of halogens is 1. The van der Waals surface area contributed by atoms with Gasteiger partial charge in [0.15, 0.2) is 12.4 Å². The van der Waals surface area contributed by atoms with Crippen molar-refractivity contribution in [1.82, 2.24) is 0 Å². The number of Topliss-reactive ketones (excluding diaryl/α,β-unsaturated/α-hetero) is 1. The summed E-state index contributed by atoms with van der Waals surface area (Å²) in [5.74, 6) is -1.04. The zero-order chi connectivity index (χ0) is 19.4. The Bertz CT molecular complexity index is 865. The van der Waals surface area contributed by atoms with Crippen LogP contribution in [0.1, 0.15) is 16.8 Å². The van der Waals surface area contributed by atoms with Crippen molar-refractivity contribution in [2.24, 2.45) is 5.92 Å². The highest BCUT2D eigenvalue weighted by atomic mass is 79.9. The molecule has 1 atom stereocenters. The molecule has 1 amide bonds. The molecule has 1 saturated heterocycles. The van der Waals surface area contributed by atoms with E-state index >= 15 is 0 Å². The average molecular weight is 432 g/mol. The normalized spacial score (nSPS) is 16.3. The molecular weight excluding hydrogens is 414 g/mol. The average Bonchev–Trinajstić information content (AvgIpc) is 3.08. The number of rotatable bonds is 6. The number of nitrogens with zero attached hydrogens (tertiary/aromatic N) is 1. The first-order valence-electron chi connectivity index (χ1n) is 8.37. The highest BCUT2D eigenvalue weighted by Gasteiger charge is 2.36. The number of esters is 1. The monoisotopic (exact) mass is 431 g/mol. The molecule has 3 rings (SSSR count). The van der Waals surface area contributed by atoms with Crippen molar-refractivity contribution < 1.29 is 23.9 Å². The highest BCUT2D eigenvalue weighted by Crippen LogP contribution is 2.27. The van der Waals surface area contributed by atoms with Crippen LogP contribution in [0.25, 0.3) is 0 Å². The molecule has 1 aliphatic rings. The van der Waals surface area contributed by atoms with Crippen LogP contribution in [0, 0.1) is 5.92 Å². The molecule has 2 aromatic rings. The quantitative estimate of drug-likeness (QED) is 0.518. The van der Waals surface area contributed by atoms with Gasteiger partial charge in [-0.2, -0.15) is 0 Å². The number of methoxy groups -OCH3 is 1. The molecule has 0 aliphatic carbocycles. The summed E-state index contributed by atoms with van der Waals surface area (Å²) >= 11 is 3.35. The zero-order valence-electron chi connectivity index (χ0n) is 14.7. The van der Waals surface area contributed by atoms with Crippen LogP contribution in [0.15, 0.2) is 53.0 Å². The van der Waals surface area contributed by atoms with E-state index in [-0.39, 0.29) is 31.3 Å². The molecule has 7 heteroatoms. The molecule has 0 saturated carbocycles. The van der Waals surface area contributed by atoms with Gasteiger partial charge in [-0.15, -0.1) is 0 Å². The van der Waals surface area contributed by atoms with Crippen molar-refractivity contribution in [3.63, 3.8) is 0 Å². The fourth-order valence-corrected chi connectivity index (χ4v) is 3.13. The Kier molecular flexibility index (Phi) is 5.91. The molecule has 0 spiro atoms. The van der Waals surface area contributed by atoms with E-state index in [1.54, 1.807) is 29.2 Å². The van der Waals surface area contributed by atoms with E-state index < -0.39 is 11.9 Å².